The molecule has 0 aliphatic rings. The molecule has 0 aliphatic carbocycles. The van der Waals surface area contributed by atoms with E-state index in [2.05, 4.69) is 40.1 Å². The fourth-order valence-corrected chi connectivity index (χ4v) is 14.8. The van der Waals surface area contributed by atoms with Crippen molar-refractivity contribution in [1.82, 2.24) is 58.7 Å². The summed E-state index contributed by atoms with van der Waals surface area (Å²) < 4.78 is 104. The van der Waals surface area contributed by atoms with Gasteiger partial charge in [-0.3, -0.25) is 38.9 Å². The maximum Gasteiger partial charge on any atom is 0.573 e. The summed E-state index contributed by atoms with van der Waals surface area (Å²) >= 11 is 10.3. The van der Waals surface area contributed by atoms with Crippen LogP contribution < -0.4 is 23.7 Å². The molecule has 18 rings (SSSR count). The van der Waals surface area contributed by atoms with Crippen molar-refractivity contribution < 1.29 is 83.7 Å². The van der Waals surface area contributed by atoms with Gasteiger partial charge in [-0.25, -0.2) is 28.1 Å². The Morgan fingerprint density at radius 1 is 0.315 bits per heavy atom. The lowest BCUT2D eigenvalue weighted by atomic mass is 10.2. The fourth-order valence-electron chi connectivity index (χ4n) is 12.6. The Bertz CT molecular complexity index is 7500. The fraction of sp³-hybridized carbons (Fsp3) is 0.0467. The minimum Gasteiger partial charge on any atom is -0.497 e. The molecule has 0 saturated heterocycles. The maximum atomic E-state index is 12.7. The van der Waals surface area contributed by atoms with Crippen LogP contribution in [0.1, 0.15) is 128 Å². The van der Waals surface area contributed by atoms with Gasteiger partial charge in [0.1, 0.15) is 28.7 Å². The molecule has 9 aromatic carbocycles. The van der Waals surface area contributed by atoms with E-state index in [1.165, 1.54) is 80.1 Å². The summed E-state index contributed by atoms with van der Waals surface area (Å²) in [5, 5.41) is 41.8. The Kier molecular flexibility index (Phi) is 36.1. The van der Waals surface area contributed by atoms with Crippen molar-refractivity contribution in [2.24, 2.45) is 0 Å². The molecule has 0 amide bonds. The second-order valence-corrected chi connectivity index (χ2v) is 32.7. The van der Waals surface area contributed by atoms with Crippen LogP contribution in [0.2, 0.25) is 5.02 Å². The number of nitrogens with zero attached hydrogens (tertiary/aromatic N) is 13. The van der Waals surface area contributed by atoms with E-state index < -0.39 is 41.1 Å². The van der Waals surface area contributed by atoms with Gasteiger partial charge in [0.2, 0.25) is 0 Å². The van der Waals surface area contributed by atoms with Crippen LogP contribution >= 0.6 is 45.6 Å². The molecule has 0 saturated carbocycles. The summed E-state index contributed by atoms with van der Waals surface area (Å²) in [4.78, 5) is 86.7. The summed E-state index contributed by atoms with van der Waals surface area (Å²) in [6.07, 6.45) is 22.3. The Hall–Kier alpha value is -17.9. The van der Waals surface area contributed by atoms with Crippen LogP contribution in [0.15, 0.2) is 357 Å². The van der Waals surface area contributed by atoms with E-state index in [1.54, 1.807) is 171 Å². The van der Waals surface area contributed by atoms with E-state index in [4.69, 9.17) is 25.8 Å². The van der Waals surface area contributed by atoms with Gasteiger partial charge in [0.25, 0.3) is 35.4 Å². The third-order valence-corrected chi connectivity index (χ3v) is 22.4. The van der Waals surface area contributed by atoms with E-state index in [-0.39, 0.29) is 45.2 Å². The van der Waals surface area contributed by atoms with Gasteiger partial charge in [0.05, 0.1) is 82.1 Å². The molecule has 26 nitrogen and oxygen atoms in total. The van der Waals surface area contributed by atoms with Crippen LogP contribution in [-0.4, -0.2) is 133 Å². The topological polar surface area (TPSA) is 299 Å². The molecule has 718 valence electrons. The average Bonchev–Trinajstić information content (AvgIpc) is 1.78. The van der Waals surface area contributed by atoms with Gasteiger partial charge < -0.3 is 23.7 Å². The lowest BCUT2D eigenvalue weighted by Gasteiger charge is -2.09. The van der Waals surface area contributed by atoms with E-state index in [0.29, 0.717) is 56.0 Å². The van der Waals surface area contributed by atoms with Crippen LogP contribution in [0.5, 0.6) is 28.7 Å². The monoisotopic (exact) mass is 2000 g/mol. The Balaban J connectivity index is 0.000000144. The number of hydrogen-bond donors (Lipinski definition) is 0. The van der Waals surface area contributed by atoms with Crippen molar-refractivity contribution in [2.45, 2.75) is 12.7 Å². The number of thiophene rings is 3. The number of methoxy groups -OCH3 is 3. The Labute approximate surface area is 830 Å². The molecule has 0 aliphatic heterocycles. The first-order valence-corrected chi connectivity index (χ1v) is 45.7. The van der Waals surface area contributed by atoms with Gasteiger partial charge in [0, 0.05) is 81.1 Å². The number of carbonyl (C=O) groups is 6. The molecule has 0 unspecified atom stereocenters. The molecular weight excluding hydrogens is 1920 g/mol. The number of aromatic nitrogens is 12. The number of benzene rings is 9. The lowest BCUT2D eigenvalue weighted by Crippen LogP contribution is -2.18. The second-order valence-electron chi connectivity index (χ2n) is 29.5. The molecular formula is C107H80ClF6N13O13S3. The molecule has 36 heteroatoms. The highest BCUT2D eigenvalue weighted by Crippen LogP contribution is 2.30. The van der Waals surface area contributed by atoms with E-state index >= 15 is 0 Å². The van der Waals surface area contributed by atoms with Gasteiger partial charge >= 0.3 is 17.7 Å². The highest BCUT2D eigenvalue weighted by atomic mass is 35.5. The summed E-state index contributed by atoms with van der Waals surface area (Å²) in [6, 6.07) is 87.0. The number of carbonyl (C=O) groups excluding carboxylic acids is 6. The molecule has 143 heavy (non-hydrogen) atoms. The summed E-state index contributed by atoms with van der Waals surface area (Å²) in [7, 11) is 4.67. The number of rotatable bonds is 24. The largest absolute Gasteiger partial charge is 0.573 e. The molecule has 0 N–H and O–H groups in total. The highest BCUT2D eigenvalue weighted by Gasteiger charge is 2.33. The first kappa shape index (κ1) is 102. The van der Waals surface area contributed by atoms with Gasteiger partial charge in [-0.15, -0.1) is 49.0 Å². The van der Waals surface area contributed by atoms with Crippen molar-refractivity contribution in [2.75, 3.05) is 21.3 Å². The highest BCUT2D eigenvalue weighted by molar-refractivity contribution is 7.13. The normalized spacial score (nSPS) is 11.2. The molecule has 0 radical (unpaired) electrons. The minimum atomic E-state index is -4.82. The number of alkyl halides is 6. The molecule has 0 spiro atoms. The Morgan fingerprint density at radius 2 is 0.657 bits per heavy atom. The van der Waals surface area contributed by atoms with Crippen LogP contribution in [0, 0.1) is 10.1 Å². The van der Waals surface area contributed by atoms with Gasteiger partial charge in [-0.05, 0) is 221 Å². The molecule has 18 aromatic rings. The molecule has 0 bridgehead atoms. The second kappa shape index (κ2) is 50.4. The third kappa shape index (κ3) is 31.3. The number of nitro groups is 1. The minimum absolute atomic E-state index is 0.0356. The first-order chi connectivity index (χ1) is 69.1. The third-order valence-electron chi connectivity index (χ3n) is 19.6. The number of halogens is 7. The quantitative estimate of drug-likeness (QED) is 0.0308. The van der Waals surface area contributed by atoms with Crippen molar-refractivity contribution in [3.05, 3.63) is 471 Å². The first-order valence-electron chi connectivity index (χ1n) is 42.7. The van der Waals surface area contributed by atoms with E-state index in [1.807, 2.05) is 217 Å². The SMILES string of the molecule is COc1ccc(C(=O)n2ccc(/C=C/c3ccccc3)n2)c(OC)c1.COc1ccc(C(=O)n2ccc(/C=C/c3cccs3)n2)cc1.O=C(c1ccc(OC(F)(F)F)cc1)n1ccc(/C=C/c2ccccc2)n1.O=C(c1cccc(OC(F)(F)F)c1)n1ccc(/C=C/c2ccccc2)n1.O=C(c1ccccc1Cl)n1ccc(/C=C/c2cccs2)n1.O=C(c1csc([N+](=O)[O-])c1)n1ccc(/C=C/c2ccccc2)n1. The van der Waals surface area contributed by atoms with Gasteiger partial charge in [-0.1, -0.05) is 199 Å². The van der Waals surface area contributed by atoms with Crippen molar-refractivity contribution in [3.8, 4) is 28.7 Å². The summed E-state index contributed by atoms with van der Waals surface area (Å²) in [6.45, 7) is 0. The predicted octanol–water partition coefficient (Wildman–Crippen LogP) is 25.0. The zero-order valence-electron chi connectivity index (χ0n) is 75.5. The van der Waals surface area contributed by atoms with Crippen LogP contribution in [0.4, 0.5) is 31.3 Å². The van der Waals surface area contributed by atoms with Gasteiger partial charge in [0.15, 0.2) is 0 Å². The molecule has 0 atom stereocenters. The smallest absolute Gasteiger partial charge is 0.497 e. The van der Waals surface area contributed by atoms with Crippen LogP contribution in [0.25, 0.3) is 72.9 Å². The van der Waals surface area contributed by atoms with Crippen molar-refractivity contribution in [3.63, 3.8) is 0 Å². The van der Waals surface area contributed by atoms with Crippen LogP contribution in [0.3, 0.4) is 0 Å². The zero-order valence-corrected chi connectivity index (χ0v) is 78.7. The number of hydrogen-bond acceptors (Lipinski definition) is 22. The van der Waals surface area contributed by atoms with Crippen molar-refractivity contribution >= 4 is 159 Å². The number of ether oxygens (including phenoxy) is 5. The summed E-state index contributed by atoms with van der Waals surface area (Å²) in [5.74, 6) is -1.14. The van der Waals surface area contributed by atoms with Crippen LogP contribution in [-0.2, 0) is 0 Å². The van der Waals surface area contributed by atoms with E-state index in [0.717, 1.165) is 94.1 Å². The lowest BCUT2D eigenvalue weighted by molar-refractivity contribution is -0.380. The Morgan fingerprint density at radius 3 is 1.01 bits per heavy atom. The zero-order chi connectivity index (χ0) is 101. The van der Waals surface area contributed by atoms with E-state index in [9.17, 15) is 65.2 Å². The molecule has 9 aromatic heterocycles. The summed E-state index contributed by atoms with van der Waals surface area (Å²) in [5.41, 5.74) is 9.91. The maximum absolute atomic E-state index is 12.7. The molecule has 0 fully saturated rings. The van der Waals surface area contributed by atoms with Gasteiger partial charge in [-0.2, -0.15) is 30.6 Å². The average molecular weight is 2000 g/mol. The molecule has 9 heterocycles. The standard InChI is InChI=1S/C20H18N2O3.2C19H13F3N2O2.C17H14N2O2S.C16H11ClN2OS.C16H11N3O3S/c1-24-17-10-11-18(19(14-17)25-2)20(23)22-13-12-16(21-22)9-8-15-6-4-3-5-7-15;20-19(21,22)26-17-8-4-7-15(13-17)18(25)24-12-11-16(23-24)10-9-14-5-2-1-3-6-14;20-19(21,22)26-17-10-7-15(8-11-17)18(25)24-13-12-16(23-24)9-6-14-4-2-1-3-5-14;1-21-15-7-4-13(5-8-15)17(20)19-11-10-14(18-19)6-9-16-3-2-12-22-16;17-15-6-2-1-5-14(15)16(20)19-10-9-12(18-19)7-8-13-4-3-11-21-13;20-16(13-10-15(19(21)22)23-11-13)18-9-8-14(17-18)7-6-12-4-2-1-3-5-12/h3-14H,1-2H3;2*1-13H;2-12H,1H3;1-11H;1-11H/b9-8+;10-9+;2*9-6+;8-7+;7-6+. The predicted molar refractivity (Wildman–Crippen MR) is 541 cm³/mol. The van der Waals surface area contributed by atoms with Crippen molar-refractivity contribution in [1.29, 1.82) is 0 Å².